The van der Waals surface area contributed by atoms with Crippen LogP contribution in [-0.2, 0) is 4.79 Å². The van der Waals surface area contributed by atoms with E-state index in [1.54, 1.807) is 12.1 Å². The van der Waals surface area contributed by atoms with E-state index in [2.05, 4.69) is 11.4 Å². The molecule has 0 saturated heterocycles. The second-order valence-corrected chi connectivity index (χ2v) is 5.61. The minimum atomic E-state index is -0.102. The van der Waals surface area contributed by atoms with Crippen LogP contribution in [0.4, 0.5) is 5.69 Å². The summed E-state index contributed by atoms with van der Waals surface area (Å²) in [6.45, 7) is 1.47. The number of carbonyl (C=O) groups is 1. The average molecular weight is 303 g/mol. The highest BCUT2D eigenvalue weighted by molar-refractivity contribution is 7.99. The maximum absolute atomic E-state index is 10.9. The number of nitriles is 1. The molecule has 0 aliphatic carbocycles. The van der Waals surface area contributed by atoms with Crippen molar-refractivity contribution in [3.05, 3.63) is 53.1 Å². The number of hydrogen-bond acceptors (Lipinski definition) is 3. The van der Waals surface area contributed by atoms with Crippen molar-refractivity contribution in [1.82, 2.24) is 0 Å². The van der Waals surface area contributed by atoms with Gasteiger partial charge in [-0.3, -0.25) is 4.79 Å². The van der Waals surface area contributed by atoms with Crippen molar-refractivity contribution in [2.24, 2.45) is 0 Å². The first-order chi connectivity index (χ1) is 9.58. The van der Waals surface area contributed by atoms with Crippen LogP contribution in [0, 0.1) is 11.3 Å². The van der Waals surface area contributed by atoms with Crippen molar-refractivity contribution >= 4 is 35.0 Å². The second-order valence-electron chi connectivity index (χ2n) is 4.06. The number of halogens is 1. The number of hydrogen-bond donors (Lipinski definition) is 1. The molecule has 100 valence electrons. The van der Waals surface area contributed by atoms with Gasteiger partial charge in [-0.2, -0.15) is 5.26 Å². The fraction of sp³-hybridized carbons (Fsp3) is 0.0667. The molecule has 2 aromatic rings. The summed E-state index contributed by atoms with van der Waals surface area (Å²) >= 11 is 7.35. The maximum Gasteiger partial charge on any atom is 0.221 e. The van der Waals surface area contributed by atoms with Gasteiger partial charge in [0.25, 0.3) is 0 Å². The van der Waals surface area contributed by atoms with Gasteiger partial charge in [-0.15, -0.1) is 0 Å². The largest absolute Gasteiger partial charge is 0.326 e. The van der Waals surface area contributed by atoms with Crippen molar-refractivity contribution in [2.45, 2.75) is 16.7 Å². The monoisotopic (exact) mass is 302 g/mol. The van der Waals surface area contributed by atoms with Crippen molar-refractivity contribution in [2.75, 3.05) is 5.32 Å². The molecule has 3 nitrogen and oxygen atoms in total. The summed E-state index contributed by atoms with van der Waals surface area (Å²) in [6.07, 6.45) is 0. The van der Waals surface area contributed by atoms with E-state index >= 15 is 0 Å². The molecule has 0 aliphatic rings. The molecule has 0 radical (unpaired) electrons. The van der Waals surface area contributed by atoms with Crippen molar-refractivity contribution in [1.29, 1.82) is 5.26 Å². The molecular weight excluding hydrogens is 292 g/mol. The molecule has 0 bridgehead atoms. The maximum atomic E-state index is 10.9. The predicted molar refractivity (Wildman–Crippen MR) is 81.0 cm³/mol. The minimum Gasteiger partial charge on any atom is -0.326 e. The number of nitrogens with one attached hydrogen (secondary N) is 1. The van der Waals surface area contributed by atoms with Crippen molar-refractivity contribution < 1.29 is 4.79 Å². The molecule has 1 N–H and O–H groups in total. The third-order valence-corrected chi connectivity index (χ3v) is 3.78. The highest BCUT2D eigenvalue weighted by atomic mass is 35.5. The van der Waals surface area contributed by atoms with E-state index in [1.165, 1.54) is 18.7 Å². The Morgan fingerprint density at radius 3 is 2.55 bits per heavy atom. The van der Waals surface area contributed by atoms with Gasteiger partial charge in [-0.1, -0.05) is 23.4 Å². The first kappa shape index (κ1) is 14.4. The van der Waals surface area contributed by atoms with Crippen LogP contribution in [0.25, 0.3) is 0 Å². The summed E-state index contributed by atoms with van der Waals surface area (Å²) in [5.41, 5.74) is 1.30. The number of amides is 1. The number of nitrogens with zero attached hydrogens (tertiary/aromatic N) is 1. The Balaban J connectivity index is 2.18. The molecule has 0 heterocycles. The van der Waals surface area contributed by atoms with E-state index in [-0.39, 0.29) is 5.91 Å². The highest BCUT2D eigenvalue weighted by Gasteiger charge is 2.05. The first-order valence-electron chi connectivity index (χ1n) is 5.83. The molecule has 0 spiro atoms. The zero-order chi connectivity index (χ0) is 14.5. The Labute approximate surface area is 126 Å². The SMILES string of the molecule is CC(=O)Nc1ccc(Sc2ccc(Cl)cc2C#N)cc1. The van der Waals surface area contributed by atoms with Gasteiger partial charge >= 0.3 is 0 Å². The Bertz CT molecular complexity index is 677. The van der Waals surface area contributed by atoms with Gasteiger partial charge in [-0.05, 0) is 42.5 Å². The molecule has 20 heavy (non-hydrogen) atoms. The van der Waals surface area contributed by atoms with E-state index in [0.29, 0.717) is 10.6 Å². The molecule has 0 aliphatic heterocycles. The summed E-state index contributed by atoms with van der Waals surface area (Å²) in [4.78, 5) is 12.8. The van der Waals surface area contributed by atoms with E-state index in [1.807, 2.05) is 30.3 Å². The Kier molecular flexibility index (Phi) is 4.67. The Hall–Kier alpha value is -1.96. The average Bonchev–Trinajstić information content (AvgIpc) is 2.42. The van der Waals surface area contributed by atoms with Crippen molar-refractivity contribution in [3.63, 3.8) is 0 Å². The summed E-state index contributed by atoms with van der Waals surface area (Å²) in [6, 6.07) is 14.8. The van der Waals surface area contributed by atoms with Crippen LogP contribution in [-0.4, -0.2) is 5.91 Å². The van der Waals surface area contributed by atoms with Crippen LogP contribution in [0.3, 0.4) is 0 Å². The molecule has 2 aromatic carbocycles. The van der Waals surface area contributed by atoms with Gasteiger partial charge in [-0.25, -0.2) is 0 Å². The number of carbonyl (C=O) groups excluding carboxylic acids is 1. The molecular formula is C15H11ClN2OS. The summed E-state index contributed by atoms with van der Waals surface area (Å²) in [5.74, 6) is -0.102. The molecule has 0 unspecified atom stereocenters. The quantitative estimate of drug-likeness (QED) is 0.918. The van der Waals surface area contributed by atoms with Gasteiger partial charge in [0.2, 0.25) is 5.91 Å². The van der Waals surface area contributed by atoms with Gasteiger partial charge in [0.15, 0.2) is 0 Å². The first-order valence-corrected chi connectivity index (χ1v) is 7.03. The zero-order valence-electron chi connectivity index (χ0n) is 10.7. The Morgan fingerprint density at radius 1 is 1.25 bits per heavy atom. The van der Waals surface area contributed by atoms with Gasteiger partial charge in [0.05, 0.1) is 5.56 Å². The molecule has 0 aromatic heterocycles. The highest BCUT2D eigenvalue weighted by Crippen LogP contribution is 2.32. The van der Waals surface area contributed by atoms with E-state index in [0.717, 1.165) is 15.5 Å². The third-order valence-electron chi connectivity index (χ3n) is 2.46. The zero-order valence-corrected chi connectivity index (χ0v) is 12.3. The summed E-state index contributed by atoms with van der Waals surface area (Å²) < 4.78 is 0. The lowest BCUT2D eigenvalue weighted by atomic mass is 10.2. The van der Waals surface area contributed by atoms with E-state index in [4.69, 9.17) is 16.9 Å². The molecule has 5 heteroatoms. The number of rotatable bonds is 3. The van der Waals surface area contributed by atoms with Crippen LogP contribution in [0.15, 0.2) is 52.3 Å². The van der Waals surface area contributed by atoms with Crippen LogP contribution in [0.5, 0.6) is 0 Å². The summed E-state index contributed by atoms with van der Waals surface area (Å²) in [7, 11) is 0. The molecule has 2 rings (SSSR count). The van der Waals surface area contributed by atoms with Gasteiger partial charge < -0.3 is 5.32 Å². The van der Waals surface area contributed by atoms with Crippen LogP contribution >= 0.6 is 23.4 Å². The van der Waals surface area contributed by atoms with Crippen LogP contribution in [0.2, 0.25) is 5.02 Å². The smallest absolute Gasteiger partial charge is 0.221 e. The van der Waals surface area contributed by atoms with Gasteiger partial charge in [0.1, 0.15) is 6.07 Å². The minimum absolute atomic E-state index is 0.102. The normalized spacial score (nSPS) is 9.85. The Morgan fingerprint density at radius 2 is 1.95 bits per heavy atom. The lowest BCUT2D eigenvalue weighted by Crippen LogP contribution is -2.05. The molecule has 0 fully saturated rings. The third kappa shape index (κ3) is 3.77. The van der Waals surface area contributed by atoms with E-state index in [9.17, 15) is 4.79 Å². The summed E-state index contributed by atoms with van der Waals surface area (Å²) in [5, 5.41) is 12.4. The molecule has 0 saturated carbocycles. The van der Waals surface area contributed by atoms with Crippen LogP contribution < -0.4 is 5.32 Å². The van der Waals surface area contributed by atoms with E-state index < -0.39 is 0 Å². The topological polar surface area (TPSA) is 52.9 Å². The fourth-order valence-electron chi connectivity index (χ4n) is 1.62. The molecule has 1 amide bonds. The number of anilines is 1. The molecule has 0 atom stereocenters. The van der Waals surface area contributed by atoms with Crippen LogP contribution in [0.1, 0.15) is 12.5 Å². The number of benzene rings is 2. The predicted octanol–water partition coefficient (Wildman–Crippen LogP) is 4.32. The van der Waals surface area contributed by atoms with Crippen molar-refractivity contribution in [3.8, 4) is 6.07 Å². The van der Waals surface area contributed by atoms with Gasteiger partial charge in [0, 0.05) is 27.4 Å². The lowest BCUT2D eigenvalue weighted by molar-refractivity contribution is -0.114. The lowest BCUT2D eigenvalue weighted by Gasteiger charge is -2.06. The second kappa shape index (κ2) is 6.47. The fourth-order valence-corrected chi connectivity index (χ4v) is 2.66. The standard InChI is InChI=1S/C15H11ClN2OS/c1-10(19)18-13-3-5-14(6-4-13)20-15-7-2-12(16)8-11(15)9-17/h2-8H,1H3,(H,18,19).